The van der Waals surface area contributed by atoms with Crippen LogP contribution in [0.1, 0.15) is 89.2 Å². The molecule has 0 spiro atoms. The van der Waals surface area contributed by atoms with E-state index in [1.54, 1.807) is 31.3 Å². The van der Waals surface area contributed by atoms with E-state index >= 15 is 0 Å². The zero-order chi connectivity index (χ0) is 30.9. The summed E-state index contributed by atoms with van der Waals surface area (Å²) in [6.45, 7) is 17.0. The van der Waals surface area contributed by atoms with Crippen LogP contribution in [0, 0.1) is 5.82 Å². The van der Waals surface area contributed by atoms with E-state index in [1.807, 2.05) is 33.9 Å². The summed E-state index contributed by atoms with van der Waals surface area (Å²) in [5, 5.41) is 3.04. The molecule has 1 aromatic carbocycles. The zero-order valence-electron chi connectivity index (χ0n) is 25.7. The zero-order valence-corrected chi connectivity index (χ0v) is 27.3. The number of anilines is 1. The Morgan fingerprint density at radius 1 is 1.22 bits per heavy atom. The summed E-state index contributed by atoms with van der Waals surface area (Å²) in [7, 11) is 3.24. The Kier molecular flexibility index (Phi) is 12.6. The lowest BCUT2D eigenvalue weighted by Gasteiger charge is -2.34. The van der Waals surface area contributed by atoms with Gasteiger partial charge in [0.2, 0.25) is 0 Å². The van der Waals surface area contributed by atoms with Crippen LogP contribution in [0.5, 0.6) is 0 Å². The minimum atomic E-state index is -0.556. The fourth-order valence-electron chi connectivity index (χ4n) is 4.18. The number of carbonyl (C=O) groups is 2. The Morgan fingerprint density at radius 2 is 1.83 bits per heavy atom. The lowest BCUT2D eigenvalue weighted by Crippen LogP contribution is -2.42. The van der Waals surface area contributed by atoms with Crippen molar-refractivity contribution >= 4 is 51.3 Å². The highest BCUT2D eigenvalue weighted by Gasteiger charge is 2.30. The van der Waals surface area contributed by atoms with Gasteiger partial charge in [0.15, 0.2) is 0 Å². The molecule has 226 valence electrons. The van der Waals surface area contributed by atoms with Crippen molar-refractivity contribution in [2.45, 2.75) is 78.9 Å². The van der Waals surface area contributed by atoms with Crippen molar-refractivity contribution in [2.24, 2.45) is 4.99 Å². The number of halogens is 2. The second-order valence-corrected chi connectivity index (χ2v) is 12.0. The van der Waals surface area contributed by atoms with Gasteiger partial charge in [0.25, 0.3) is 5.91 Å². The van der Waals surface area contributed by atoms with Gasteiger partial charge in [0, 0.05) is 61.4 Å². The van der Waals surface area contributed by atoms with Crippen LogP contribution in [-0.2, 0) is 4.74 Å². The van der Waals surface area contributed by atoms with Crippen molar-refractivity contribution in [2.75, 3.05) is 32.5 Å². The number of piperidine rings is 1. The number of ether oxygens (including phenoxy) is 1. The SMILES string of the molecule is C=C(Nc1ccc(C(=O)N(C)C)cc1F)c1c(Br)cn(C2CCN(C(=O)OC(C)(C)C)CC2)c1/N=C\C.CCCC. The fourth-order valence-corrected chi connectivity index (χ4v) is 4.82. The van der Waals surface area contributed by atoms with E-state index in [1.165, 1.54) is 29.9 Å². The first-order chi connectivity index (χ1) is 19.2. The molecule has 1 aliphatic rings. The summed E-state index contributed by atoms with van der Waals surface area (Å²) >= 11 is 3.63. The Morgan fingerprint density at radius 3 is 2.32 bits per heavy atom. The minimum Gasteiger partial charge on any atom is -0.444 e. The predicted molar refractivity (Wildman–Crippen MR) is 170 cm³/mol. The normalized spacial score (nSPS) is 14.0. The summed E-state index contributed by atoms with van der Waals surface area (Å²) < 4.78 is 23.2. The number of benzene rings is 1. The van der Waals surface area contributed by atoms with E-state index in [-0.39, 0.29) is 29.3 Å². The average molecular weight is 635 g/mol. The highest BCUT2D eigenvalue weighted by Crippen LogP contribution is 2.40. The van der Waals surface area contributed by atoms with Crippen LogP contribution in [0.15, 0.2) is 40.4 Å². The highest BCUT2D eigenvalue weighted by atomic mass is 79.9. The van der Waals surface area contributed by atoms with Crippen LogP contribution in [0.3, 0.4) is 0 Å². The second kappa shape index (κ2) is 15.2. The van der Waals surface area contributed by atoms with Crippen molar-refractivity contribution in [3.8, 4) is 0 Å². The Balaban J connectivity index is 0.00000138. The molecule has 0 aliphatic carbocycles. The topological polar surface area (TPSA) is 79.2 Å². The number of hydrogen-bond donors (Lipinski definition) is 1. The van der Waals surface area contributed by atoms with Crippen LogP contribution in [0.25, 0.3) is 5.70 Å². The third kappa shape index (κ3) is 9.45. The molecule has 1 saturated heterocycles. The van der Waals surface area contributed by atoms with Crippen LogP contribution in [0.2, 0.25) is 0 Å². The lowest BCUT2D eigenvalue weighted by molar-refractivity contribution is 0.0189. The van der Waals surface area contributed by atoms with Gasteiger partial charge in [-0.1, -0.05) is 33.3 Å². The lowest BCUT2D eigenvalue weighted by atomic mass is 10.1. The van der Waals surface area contributed by atoms with E-state index in [9.17, 15) is 14.0 Å². The van der Waals surface area contributed by atoms with Crippen LogP contribution in [-0.4, -0.2) is 65.4 Å². The van der Waals surface area contributed by atoms with E-state index in [0.29, 0.717) is 30.2 Å². The quantitative estimate of drug-likeness (QED) is 0.311. The van der Waals surface area contributed by atoms with E-state index in [0.717, 1.165) is 17.3 Å². The number of likely N-dealkylation sites (tertiary alicyclic amines) is 1. The molecule has 0 atom stereocenters. The maximum Gasteiger partial charge on any atom is 0.410 e. The Hall–Kier alpha value is -3.14. The summed E-state index contributed by atoms with van der Waals surface area (Å²) in [4.78, 5) is 32.3. The second-order valence-electron chi connectivity index (χ2n) is 11.2. The summed E-state index contributed by atoms with van der Waals surface area (Å²) in [6, 6.07) is 4.42. The van der Waals surface area contributed by atoms with Gasteiger partial charge in [-0.15, -0.1) is 0 Å². The molecular weight excluding hydrogens is 589 g/mol. The average Bonchev–Trinajstić information content (AvgIpc) is 3.24. The first-order valence-electron chi connectivity index (χ1n) is 14.1. The van der Waals surface area contributed by atoms with Crippen molar-refractivity contribution in [3.63, 3.8) is 0 Å². The molecule has 10 heteroatoms. The van der Waals surface area contributed by atoms with Crippen molar-refractivity contribution in [3.05, 3.63) is 52.4 Å². The Labute approximate surface area is 252 Å². The molecule has 8 nitrogen and oxygen atoms in total. The van der Waals surface area contributed by atoms with Gasteiger partial charge in [-0.3, -0.25) is 4.79 Å². The van der Waals surface area contributed by atoms with Gasteiger partial charge >= 0.3 is 6.09 Å². The molecule has 1 aliphatic heterocycles. The van der Waals surface area contributed by atoms with E-state index < -0.39 is 11.4 Å². The molecule has 41 heavy (non-hydrogen) atoms. The van der Waals surface area contributed by atoms with E-state index in [2.05, 4.69) is 51.2 Å². The number of rotatable bonds is 7. The molecule has 0 bridgehead atoms. The summed E-state index contributed by atoms with van der Waals surface area (Å²) in [5.41, 5.74) is 1.10. The van der Waals surface area contributed by atoms with Crippen LogP contribution < -0.4 is 5.32 Å². The third-order valence-corrected chi connectivity index (χ3v) is 7.03. The van der Waals surface area contributed by atoms with Gasteiger partial charge < -0.3 is 24.4 Å². The third-order valence-electron chi connectivity index (χ3n) is 6.43. The van der Waals surface area contributed by atoms with Gasteiger partial charge in [-0.2, -0.15) is 0 Å². The fraction of sp³-hybridized carbons (Fsp3) is 0.516. The molecule has 2 amide bonds. The number of amides is 2. The smallest absolute Gasteiger partial charge is 0.410 e. The van der Waals surface area contributed by atoms with Crippen molar-refractivity contribution < 1.29 is 18.7 Å². The van der Waals surface area contributed by atoms with Crippen LogP contribution in [0.4, 0.5) is 20.7 Å². The molecular formula is C31H45BrFN5O3. The molecule has 0 unspecified atom stereocenters. The number of carbonyl (C=O) groups excluding carboxylic acids is 2. The number of hydrogen-bond acceptors (Lipinski definition) is 5. The molecule has 3 rings (SSSR count). The number of aromatic nitrogens is 1. The standard InChI is InChI=1S/C27H35BrFN5O3.C4H10/c1-8-30-24-23(17(2)31-22-10-9-18(15-21(22)29)25(35)32(6)7)20(28)16-34(24)19-11-13-33(14-12-19)26(36)37-27(3,4)5;1-3-4-2/h8-10,15-16,19,31H,2,11-14H2,1,3-7H3;3-4H2,1-2H3/b30-8-;. The Bertz CT molecular complexity index is 1240. The maximum atomic E-state index is 14.8. The molecule has 0 saturated carbocycles. The monoisotopic (exact) mass is 633 g/mol. The molecule has 2 heterocycles. The maximum absolute atomic E-state index is 14.8. The minimum absolute atomic E-state index is 0.114. The number of nitrogens with zero attached hydrogens (tertiary/aromatic N) is 4. The van der Waals surface area contributed by atoms with Crippen molar-refractivity contribution in [1.29, 1.82) is 0 Å². The van der Waals surface area contributed by atoms with Gasteiger partial charge in [0.05, 0.1) is 11.3 Å². The molecule has 1 aromatic heterocycles. The highest BCUT2D eigenvalue weighted by molar-refractivity contribution is 9.10. The van der Waals surface area contributed by atoms with Gasteiger partial charge in [-0.25, -0.2) is 14.2 Å². The number of aliphatic imine (C=N–C) groups is 1. The number of unbranched alkanes of at least 4 members (excludes halogenated alkanes) is 1. The number of nitrogens with one attached hydrogen (secondary N) is 1. The largest absolute Gasteiger partial charge is 0.444 e. The van der Waals surface area contributed by atoms with E-state index in [4.69, 9.17) is 4.74 Å². The first kappa shape index (κ1) is 34.1. The summed E-state index contributed by atoms with van der Waals surface area (Å²) in [5.74, 6) is -0.150. The molecule has 1 fully saturated rings. The van der Waals surface area contributed by atoms with Gasteiger partial charge in [-0.05, 0) is 74.7 Å². The summed E-state index contributed by atoms with van der Waals surface area (Å²) in [6.07, 6.45) is 7.47. The predicted octanol–water partition coefficient (Wildman–Crippen LogP) is 8.27. The van der Waals surface area contributed by atoms with Gasteiger partial charge in [0.1, 0.15) is 17.2 Å². The first-order valence-corrected chi connectivity index (χ1v) is 14.9. The van der Waals surface area contributed by atoms with Crippen LogP contribution >= 0.6 is 15.9 Å². The molecule has 1 N–H and O–H groups in total. The molecule has 0 radical (unpaired) electrons. The van der Waals surface area contributed by atoms with Crippen molar-refractivity contribution in [1.82, 2.24) is 14.4 Å². The molecule has 2 aromatic rings.